The lowest BCUT2D eigenvalue weighted by molar-refractivity contribution is 0.303. The van der Waals surface area contributed by atoms with Gasteiger partial charge in [0, 0.05) is 11.6 Å². The molecule has 0 heterocycles. The summed E-state index contributed by atoms with van der Waals surface area (Å²) in [6.45, 7) is 0. The van der Waals surface area contributed by atoms with Crippen LogP contribution in [0.2, 0.25) is 0 Å². The van der Waals surface area contributed by atoms with Gasteiger partial charge in [0.1, 0.15) is 17.4 Å². The first-order valence-corrected chi connectivity index (χ1v) is 7.06. The van der Waals surface area contributed by atoms with Crippen LogP contribution in [0, 0.1) is 11.6 Å². The molecule has 1 aliphatic rings. The van der Waals surface area contributed by atoms with Gasteiger partial charge in [0.25, 0.3) is 0 Å². The fourth-order valence-electron chi connectivity index (χ4n) is 2.35. The predicted octanol–water partition coefficient (Wildman–Crippen LogP) is 3.81. The van der Waals surface area contributed by atoms with Crippen LogP contribution < -0.4 is 10.1 Å². The van der Waals surface area contributed by atoms with Crippen LogP contribution in [0.1, 0.15) is 30.0 Å². The van der Waals surface area contributed by atoms with Crippen LogP contribution in [-0.2, 0) is 0 Å². The minimum Gasteiger partial charge on any atom is -0.490 e. The molecule has 1 atom stereocenters. The molecule has 1 N–H and O–H groups in total. The van der Waals surface area contributed by atoms with Crippen molar-refractivity contribution in [2.24, 2.45) is 0 Å². The van der Waals surface area contributed by atoms with E-state index < -0.39 is 11.6 Å². The van der Waals surface area contributed by atoms with Gasteiger partial charge in [-0.25, -0.2) is 8.78 Å². The zero-order valence-electron chi connectivity index (χ0n) is 11.8. The lowest BCUT2D eigenvalue weighted by Crippen LogP contribution is -2.19. The van der Waals surface area contributed by atoms with Gasteiger partial charge in [-0.2, -0.15) is 0 Å². The van der Waals surface area contributed by atoms with Crippen LogP contribution in [0.5, 0.6) is 5.75 Å². The van der Waals surface area contributed by atoms with Crippen LogP contribution in [0.15, 0.2) is 42.5 Å². The second-order valence-corrected chi connectivity index (χ2v) is 5.27. The summed E-state index contributed by atoms with van der Waals surface area (Å²) < 4.78 is 32.6. The fraction of sp³-hybridized carbons (Fsp3) is 0.294. The Morgan fingerprint density at radius 1 is 1.10 bits per heavy atom. The van der Waals surface area contributed by atoms with Gasteiger partial charge in [-0.1, -0.05) is 18.2 Å². The first-order valence-electron chi connectivity index (χ1n) is 7.06. The van der Waals surface area contributed by atoms with Crippen LogP contribution in [0.3, 0.4) is 0 Å². The second-order valence-electron chi connectivity index (χ2n) is 5.27. The van der Waals surface area contributed by atoms with E-state index in [2.05, 4.69) is 5.32 Å². The minimum absolute atomic E-state index is 0.319. The number of nitrogens with one attached hydrogen (secondary N) is 1. The highest BCUT2D eigenvalue weighted by Gasteiger charge is 2.23. The first-order chi connectivity index (χ1) is 10.2. The summed E-state index contributed by atoms with van der Waals surface area (Å²) in [6, 6.07) is 10.9. The molecule has 0 aromatic heterocycles. The molecule has 3 rings (SSSR count). The lowest BCUT2D eigenvalue weighted by atomic mass is 9.98. The molecule has 1 fully saturated rings. The highest BCUT2D eigenvalue weighted by Crippen LogP contribution is 2.29. The van der Waals surface area contributed by atoms with Gasteiger partial charge >= 0.3 is 0 Å². The van der Waals surface area contributed by atoms with E-state index in [1.807, 2.05) is 24.3 Å². The Morgan fingerprint density at radius 3 is 2.38 bits per heavy atom. The molecule has 0 spiro atoms. The number of hydrogen-bond acceptors (Lipinski definition) is 2. The van der Waals surface area contributed by atoms with Crippen molar-refractivity contribution in [2.75, 3.05) is 7.05 Å². The smallest absolute Gasteiger partial charge is 0.131 e. The van der Waals surface area contributed by atoms with Gasteiger partial charge in [0.15, 0.2) is 0 Å². The minimum atomic E-state index is -0.570. The third-order valence-electron chi connectivity index (χ3n) is 3.60. The van der Waals surface area contributed by atoms with Crippen molar-refractivity contribution in [1.82, 2.24) is 5.32 Å². The van der Waals surface area contributed by atoms with E-state index in [0.29, 0.717) is 11.7 Å². The summed E-state index contributed by atoms with van der Waals surface area (Å²) in [4.78, 5) is 0. The first kappa shape index (κ1) is 14.0. The van der Waals surface area contributed by atoms with Gasteiger partial charge in [0.05, 0.1) is 12.1 Å². The molecule has 0 bridgehead atoms. The largest absolute Gasteiger partial charge is 0.490 e. The van der Waals surface area contributed by atoms with Crippen molar-refractivity contribution in [3.05, 3.63) is 65.2 Å². The molecule has 110 valence electrons. The van der Waals surface area contributed by atoms with Gasteiger partial charge < -0.3 is 10.1 Å². The van der Waals surface area contributed by atoms with Crippen molar-refractivity contribution in [3.63, 3.8) is 0 Å². The Kier molecular flexibility index (Phi) is 3.88. The summed E-state index contributed by atoms with van der Waals surface area (Å²) in [5.74, 6) is -0.289. The average Bonchev–Trinajstić information content (AvgIpc) is 3.27. The van der Waals surface area contributed by atoms with Crippen molar-refractivity contribution >= 4 is 0 Å². The summed E-state index contributed by atoms with van der Waals surface area (Å²) in [5, 5.41) is 3.06. The molecule has 1 unspecified atom stereocenters. The van der Waals surface area contributed by atoms with E-state index in [1.165, 1.54) is 12.1 Å². The number of ether oxygens (including phenoxy) is 1. The second kappa shape index (κ2) is 5.82. The number of rotatable bonds is 5. The van der Waals surface area contributed by atoms with Crippen LogP contribution in [0.25, 0.3) is 0 Å². The molecule has 21 heavy (non-hydrogen) atoms. The highest BCUT2D eigenvalue weighted by molar-refractivity contribution is 5.36. The molecule has 0 amide bonds. The fourth-order valence-corrected chi connectivity index (χ4v) is 2.35. The molecule has 0 saturated heterocycles. The SMILES string of the molecule is CNC(c1ccc(OC2CC2)cc1)c1ccc(F)cc1F. The maximum Gasteiger partial charge on any atom is 0.131 e. The molecule has 2 nitrogen and oxygen atoms in total. The van der Waals surface area contributed by atoms with Crippen molar-refractivity contribution in [3.8, 4) is 5.75 Å². The predicted molar refractivity (Wildman–Crippen MR) is 77.4 cm³/mol. The maximum absolute atomic E-state index is 13.9. The monoisotopic (exact) mass is 289 g/mol. The number of benzene rings is 2. The molecule has 0 radical (unpaired) electrons. The van der Waals surface area contributed by atoms with E-state index in [0.717, 1.165) is 30.2 Å². The Balaban J connectivity index is 1.84. The maximum atomic E-state index is 13.9. The van der Waals surface area contributed by atoms with Crippen LogP contribution in [0.4, 0.5) is 8.78 Å². The third kappa shape index (κ3) is 3.22. The van der Waals surface area contributed by atoms with Crippen molar-refractivity contribution < 1.29 is 13.5 Å². The summed E-state index contributed by atoms with van der Waals surface area (Å²) in [7, 11) is 1.75. The zero-order chi connectivity index (χ0) is 14.8. The van der Waals surface area contributed by atoms with E-state index in [-0.39, 0.29) is 6.04 Å². The van der Waals surface area contributed by atoms with Crippen LogP contribution >= 0.6 is 0 Å². The molecule has 0 aliphatic heterocycles. The Bertz CT molecular complexity index is 623. The van der Waals surface area contributed by atoms with E-state index in [1.54, 1.807) is 7.05 Å². The third-order valence-corrected chi connectivity index (χ3v) is 3.60. The quantitative estimate of drug-likeness (QED) is 0.903. The molecule has 1 saturated carbocycles. The van der Waals surface area contributed by atoms with E-state index in [9.17, 15) is 8.78 Å². The molecule has 4 heteroatoms. The number of halogens is 2. The Labute approximate surface area is 122 Å². The molecule has 1 aliphatic carbocycles. The molecular weight excluding hydrogens is 272 g/mol. The summed E-state index contributed by atoms with van der Waals surface area (Å²) in [5.41, 5.74) is 1.33. The lowest BCUT2D eigenvalue weighted by Gasteiger charge is -2.18. The average molecular weight is 289 g/mol. The molecule has 2 aromatic rings. The van der Waals surface area contributed by atoms with Gasteiger partial charge in [0.2, 0.25) is 0 Å². The summed E-state index contributed by atoms with van der Waals surface area (Å²) >= 11 is 0. The van der Waals surface area contributed by atoms with Crippen molar-refractivity contribution in [2.45, 2.75) is 25.0 Å². The Hall–Kier alpha value is -1.94. The zero-order valence-corrected chi connectivity index (χ0v) is 11.8. The normalized spacial score (nSPS) is 15.8. The number of hydrogen-bond donors (Lipinski definition) is 1. The molecule has 2 aromatic carbocycles. The topological polar surface area (TPSA) is 21.3 Å². The van der Waals surface area contributed by atoms with Gasteiger partial charge in [-0.15, -0.1) is 0 Å². The van der Waals surface area contributed by atoms with Crippen LogP contribution in [-0.4, -0.2) is 13.2 Å². The van der Waals surface area contributed by atoms with E-state index >= 15 is 0 Å². The standard InChI is InChI=1S/C17H17F2NO/c1-20-17(15-9-4-12(18)10-16(15)19)11-2-5-13(6-3-11)21-14-7-8-14/h2-6,9-10,14,17,20H,7-8H2,1H3. The van der Waals surface area contributed by atoms with Crippen molar-refractivity contribution in [1.29, 1.82) is 0 Å². The summed E-state index contributed by atoms with van der Waals surface area (Å²) in [6.07, 6.45) is 2.58. The highest BCUT2D eigenvalue weighted by atomic mass is 19.1. The molecular formula is C17H17F2NO. The Morgan fingerprint density at radius 2 is 1.81 bits per heavy atom. The van der Waals surface area contributed by atoms with E-state index in [4.69, 9.17) is 4.74 Å². The van der Waals surface area contributed by atoms with Gasteiger partial charge in [-0.3, -0.25) is 0 Å². The van der Waals surface area contributed by atoms with Gasteiger partial charge in [-0.05, 0) is 43.7 Å².